The largest absolute Gasteiger partial charge is 0.311 e. The summed E-state index contributed by atoms with van der Waals surface area (Å²) in [7, 11) is 4.28. The summed E-state index contributed by atoms with van der Waals surface area (Å²) >= 11 is 0. The topological polar surface area (TPSA) is 18.5 Å². The monoisotopic (exact) mass is 241 g/mol. The van der Waals surface area contributed by atoms with Crippen LogP contribution in [0.25, 0.3) is 0 Å². The third kappa shape index (κ3) is 3.21. The molecule has 1 atom stereocenters. The number of likely N-dealkylation sites (tertiary alicyclic amines) is 1. The van der Waals surface area contributed by atoms with Crippen LogP contribution in [0.1, 0.15) is 40.0 Å². The standard InChI is InChI=1S/C14H31N3/c1-6-14(7-2)13(9-11-17(14)8-3)15-10-12-16(4)5/h13,15H,6-12H2,1-5H3. The first-order valence-electron chi connectivity index (χ1n) is 7.23. The molecule has 0 amide bonds. The number of hydrogen-bond donors (Lipinski definition) is 1. The molecule has 1 rings (SSSR count). The van der Waals surface area contributed by atoms with E-state index in [1.54, 1.807) is 0 Å². The van der Waals surface area contributed by atoms with Crippen LogP contribution in [-0.2, 0) is 0 Å². The molecule has 0 bridgehead atoms. The molecule has 1 N–H and O–H groups in total. The minimum atomic E-state index is 0.404. The molecule has 0 aromatic heterocycles. The Morgan fingerprint density at radius 1 is 1.24 bits per heavy atom. The second-order valence-corrected chi connectivity index (χ2v) is 5.49. The van der Waals surface area contributed by atoms with E-state index in [1.165, 1.54) is 32.4 Å². The molecule has 0 aliphatic carbocycles. The molecule has 102 valence electrons. The number of nitrogens with zero attached hydrogens (tertiary/aromatic N) is 2. The van der Waals surface area contributed by atoms with Crippen molar-refractivity contribution in [2.45, 2.75) is 51.6 Å². The van der Waals surface area contributed by atoms with Crippen LogP contribution in [0.4, 0.5) is 0 Å². The quantitative estimate of drug-likeness (QED) is 0.733. The Hall–Kier alpha value is -0.120. The van der Waals surface area contributed by atoms with Crippen molar-refractivity contribution in [3.05, 3.63) is 0 Å². The van der Waals surface area contributed by atoms with E-state index in [2.05, 4.69) is 50.0 Å². The predicted molar refractivity (Wildman–Crippen MR) is 75.5 cm³/mol. The molecule has 17 heavy (non-hydrogen) atoms. The Labute approximate surface area is 108 Å². The van der Waals surface area contributed by atoms with Gasteiger partial charge < -0.3 is 10.2 Å². The summed E-state index contributed by atoms with van der Waals surface area (Å²) < 4.78 is 0. The van der Waals surface area contributed by atoms with E-state index >= 15 is 0 Å². The molecule has 1 saturated heterocycles. The van der Waals surface area contributed by atoms with Crippen LogP contribution in [0.5, 0.6) is 0 Å². The lowest BCUT2D eigenvalue weighted by molar-refractivity contribution is 0.108. The predicted octanol–water partition coefficient (Wildman–Crippen LogP) is 1.79. The second kappa shape index (κ2) is 6.72. The fraction of sp³-hybridized carbons (Fsp3) is 1.00. The fourth-order valence-electron chi connectivity index (χ4n) is 3.41. The minimum Gasteiger partial charge on any atom is -0.311 e. The van der Waals surface area contributed by atoms with Crippen LogP contribution >= 0.6 is 0 Å². The zero-order chi connectivity index (χ0) is 12.9. The van der Waals surface area contributed by atoms with Crippen LogP contribution in [-0.4, -0.2) is 61.7 Å². The normalized spacial score (nSPS) is 24.7. The van der Waals surface area contributed by atoms with Crippen molar-refractivity contribution in [2.24, 2.45) is 0 Å². The zero-order valence-corrected chi connectivity index (χ0v) is 12.4. The molecule has 1 unspecified atom stereocenters. The van der Waals surface area contributed by atoms with E-state index < -0.39 is 0 Å². The Balaban J connectivity index is 2.58. The summed E-state index contributed by atoms with van der Waals surface area (Å²) in [5.74, 6) is 0. The van der Waals surface area contributed by atoms with Crippen LogP contribution in [0.3, 0.4) is 0 Å². The van der Waals surface area contributed by atoms with Crippen molar-refractivity contribution in [3.63, 3.8) is 0 Å². The van der Waals surface area contributed by atoms with Crippen molar-refractivity contribution >= 4 is 0 Å². The molecule has 0 spiro atoms. The van der Waals surface area contributed by atoms with Gasteiger partial charge in [0.15, 0.2) is 0 Å². The van der Waals surface area contributed by atoms with E-state index in [9.17, 15) is 0 Å². The highest BCUT2D eigenvalue weighted by Crippen LogP contribution is 2.35. The first-order chi connectivity index (χ1) is 8.10. The van der Waals surface area contributed by atoms with Crippen molar-refractivity contribution in [1.29, 1.82) is 0 Å². The number of likely N-dealkylation sites (N-methyl/N-ethyl adjacent to an activating group) is 2. The lowest BCUT2D eigenvalue weighted by Gasteiger charge is -2.41. The molecule has 1 fully saturated rings. The molecule has 1 heterocycles. The van der Waals surface area contributed by atoms with Gasteiger partial charge in [0.2, 0.25) is 0 Å². The first-order valence-corrected chi connectivity index (χ1v) is 7.23. The summed E-state index contributed by atoms with van der Waals surface area (Å²) in [5, 5.41) is 3.79. The van der Waals surface area contributed by atoms with Gasteiger partial charge in [0.25, 0.3) is 0 Å². The number of hydrogen-bond acceptors (Lipinski definition) is 3. The Kier molecular flexibility index (Phi) is 5.90. The van der Waals surface area contributed by atoms with Crippen molar-refractivity contribution in [2.75, 3.05) is 40.3 Å². The Bertz CT molecular complexity index is 212. The van der Waals surface area contributed by atoms with Gasteiger partial charge in [0.1, 0.15) is 0 Å². The smallest absolute Gasteiger partial charge is 0.0357 e. The average molecular weight is 241 g/mol. The lowest BCUT2D eigenvalue weighted by Crippen LogP contribution is -2.55. The number of nitrogens with one attached hydrogen (secondary N) is 1. The van der Waals surface area contributed by atoms with Gasteiger partial charge >= 0.3 is 0 Å². The van der Waals surface area contributed by atoms with Gasteiger partial charge in [-0.15, -0.1) is 0 Å². The fourth-order valence-corrected chi connectivity index (χ4v) is 3.41. The van der Waals surface area contributed by atoms with Gasteiger partial charge in [-0.2, -0.15) is 0 Å². The maximum absolute atomic E-state index is 3.79. The maximum atomic E-state index is 3.79. The summed E-state index contributed by atoms with van der Waals surface area (Å²) in [4.78, 5) is 4.93. The summed E-state index contributed by atoms with van der Waals surface area (Å²) in [6.45, 7) is 11.7. The maximum Gasteiger partial charge on any atom is 0.0357 e. The SMILES string of the molecule is CCN1CCC(NCCN(C)C)C1(CC)CC. The highest BCUT2D eigenvalue weighted by atomic mass is 15.3. The summed E-state index contributed by atoms with van der Waals surface area (Å²) in [6.07, 6.45) is 3.83. The number of rotatable bonds is 7. The average Bonchev–Trinajstić information content (AvgIpc) is 2.67. The second-order valence-electron chi connectivity index (χ2n) is 5.49. The molecule has 1 aliphatic rings. The highest BCUT2D eigenvalue weighted by Gasteiger charge is 2.44. The van der Waals surface area contributed by atoms with Crippen molar-refractivity contribution < 1.29 is 0 Å². The Morgan fingerprint density at radius 2 is 1.88 bits per heavy atom. The molecular weight excluding hydrogens is 210 g/mol. The van der Waals surface area contributed by atoms with Crippen LogP contribution < -0.4 is 5.32 Å². The molecular formula is C14H31N3. The molecule has 3 heteroatoms. The van der Waals surface area contributed by atoms with E-state index in [1.807, 2.05) is 0 Å². The van der Waals surface area contributed by atoms with Gasteiger partial charge in [-0.1, -0.05) is 20.8 Å². The van der Waals surface area contributed by atoms with Gasteiger partial charge in [-0.3, -0.25) is 4.90 Å². The summed E-state index contributed by atoms with van der Waals surface area (Å²) in [5.41, 5.74) is 0.404. The molecule has 0 aromatic rings. The molecule has 3 nitrogen and oxygen atoms in total. The van der Waals surface area contributed by atoms with Gasteiger partial charge in [0.05, 0.1) is 0 Å². The Morgan fingerprint density at radius 3 is 2.35 bits per heavy atom. The third-order valence-electron chi connectivity index (χ3n) is 4.52. The minimum absolute atomic E-state index is 0.404. The van der Waals surface area contributed by atoms with E-state index in [4.69, 9.17) is 0 Å². The third-order valence-corrected chi connectivity index (χ3v) is 4.52. The zero-order valence-electron chi connectivity index (χ0n) is 12.4. The van der Waals surface area contributed by atoms with Gasteiger partial charge in [0, 0.05) is 31.2 Å². The molecule has 0 radical (unpaired) electrons. The summed E-state index contributed by atoms with van der Waals surface area (Å²) in [6, 6.07) is 0.678. The van der Waals surface area contributed by atoms with Gasteiger partial charge in [-0.25, -0.2) is 0 Å². The lowest BCUT2D eigenvalue weighted by atomic mass is 9.85. The van der Waals surface area contributed by atoms with Crippen molar-refractivity contribution in [1.82, 2.24) is 15.1 Å². The van der Waals surface area contributed by atoms with Crippen molar-refractivity contribution in [3.8, 4) is 0 Å². The van der Waals surface area contributed by atoms with Crippen LogP contribution in [0.15, 0.2) is 0 Å². The van der Waals surface area contributed by atoms with E-state index in [0.717, 1.165) is 13.1 Å². The molecule has 0 saturated carbocycles. The van der Waals surface area contributed by atoms with Crippen LogP contribution in [0, 0.1) is 0 Å². The van der Waals surface area contributed by atoms with Crippen LogP contribution in [0.2, 0.25) is 0 Å². The first kappa shape index (κ1) is 14.9. The molecule has 0 aromatic carbocycles. The highest BCUT2D eigenvalue weighted by molar-refractivity contribution is 5.04. The van der Waals surface area contributed by atoms with E-state index in [-0.39, 0.29) is 0 Å². The van der Waals surface area contributed by atoms with E-state index in [0.29, 0.717) is 11.6 Å². The van der Waals surface area contributed by atoms with Gasteiger partial charge in [-0.05, 0) is 39.9 Å². The molecule has 1 aliphatic heterocycles.